The van der Waals surface area contributed by atoms with Crippen molar-refractivity contribution in [2.24, 2.45) is 23.4 Å². The van der Waals surface area contributed by atoms with Crippen LogP contribution in [0.2, 0.25) is 0 Å². The fourth-order valence-corrected chi connectivity index (χ4v) is 5.99. The summed E-state index contributed by atoms with van der Waals surface area (Å²) in [6.07, 6.45) is 3.13. The Labute approximate surface area is 254 Å². The number of ether oxygens (including phenoxy) is 2. The van der Waals surface area contributed by atoms with Crippen LogP contribution >= 0.6 is 12.6 Å². The summed E-state index contributed by atoms with van der Waals surface area (Å²) in [4.78, 5) is 18.5. The molecule has 1 aromatic rings. The van der Waals surface area contributed by atoms with E-state index in [2.05, 4.69) is 24.1 Å². The molecule has 5 N–H and O–H groups in total. The van der Waals surface area contributed by atoms with Crippen LogP contribution in [0.15, 0.2) is 35.7 Å². The number of unbranched alkanes of at least 4 members (excludes halogenated alkanes) is 1. The van der Waals surface area contributed by atoms with Crippen LogP contribution in [-0.4, -0.2) is 86.8 Å². The fourth-order valence-electron chi connectivity index (χ4n) is 5.53. The number of benzene rings is 1. The van der Waals surface area contributed by atoms with Gasteiger partial charge in [0.05, 0.1) is 30.0 Å². The lowest BCUT2D eigenvalue weighted by molar-refractivity contribution is -0.131. The van der Waals surface area contributed by atoms with Gasteiger partial charge in [0, 0.05) is 52.5 Å². The van der Waals surface area contributed by atoms with Crippen molar-refractivity contribution in [2.45, 2.75) is 71.7 Å². The quantitative estimate of drug-likeness (QED) is 0.0902. The molecule has 2 heterocycles. The topological polar surface area (TPSA) is 109 Å². The molecule has 3 atom stereocenters. The van der Waals surface area contributed by atoms with Crippen molar-refractivity contribution in [3.63, 3.8) is 0 Å². The highest BCUT2D eigenvalue weighted by Crippen LogP contribution is 2.28. The fraction of sp³-hybridized carbons (Fsp3) is 0.710. The number of para-hydroxylation sites is 1. The molecule has 41 heavy (non-hydrogen) atoms. The molecule has 234 valence electrons. The molecule has 0 aromatic heterocycles. The molecule has 2 fully saturated rings. The van der Waals surface area contributed by atoms with Crippen LogP contribution in [0, 0.1) is 18.8 Å². The van der Waals surface area contributed by atoms with Crippen molar-refractivity contribution in [3.05, 3.63) is 41.2 Å². The second kappa shape index (κ2) is 18.7. The van der Waals surface area contributed by atoms with Crippen LogP contribution < -0.4 is 21.9 Å². The Morgan fingerprint density at radius 3 is 2.51 bits per heavy atom. The second-order valence-electron chi connectivity index (χ2n) is 11.2. The lowest BCUT2D eigenvalue weighted by Gasteiger charge is -2.43. The SMILES string of the molecule is CC.COCCCC/C(=C(/N)C(=O)N(CC(C)C)[C@@H]1CNCC(C(S)N2CCOCC2)C1)N(N)c1ccccc1C. The third-order valence-corrected chi connectivity index (χ3v) is 8.43. The van der Waals surface area contributed by atoms with Crippen LogP contribution in [0.4, 0.5) is 5.69 Å². The Morgan fingerprint density at radius 1 is 1.20 bits per heavy atom. The molecule has 0 spiro atoms. The minimum atomic E-state index is -0.149. The average Bonchev–Trinajstić information content (AvgIpc) is 3.00. The molecule has 3 rings (SSSR count). The molecule has 0 radical (unpaired) electrons. The van der Waals surface area contributed by atoms with Gasteiger partial charge >= 0.3 is 0 Å². The normalized spacial score (nSPS) is 21.0. The molecule has 0 saturated carbocycles. The number of nitrogens with two attached hydrogens (primary N) is 2. The number of carbonyl (C=O) groups is 1. The van der Waals surface area contributed by atoms with Crippen LogP contribution in [-0.2, 0) is 14.3 Å². The smallest absolute Gasteiger partial charge is 0.271 e. The Kier molecular flexibility index (Phi) is 16.1. The molecule has 9 nitrogen and oxygen atoms in total. The van der Waals surface area contributed by atoms with Gasteiger partial charge in [-0.15, -0.1) is 0 Å². The number of anilines is 1. The summed E-state index contributed by atoms with van der Waals surface area (Å²) in [5.74, 6) is 7.13. The second-order valence-corrected chi connectivity index (χ2v) is 11.7. The van der Waals surface area contributed by atoms with Gasteiger partial charge in [-0.1, -0.05) is 45.9 Å². The van der Waals surface area contributed by atoms with Gasteiger partial charge in [0.2, 0.25) is 0 Å². The van der Waals surface area contributed by atoms with E-state index in [4.69, 9.17) is 33.7 Å². The predicted molar refractivity (Wildman–Crippen MR) is 173 cm³/mol. The van der Waals surface area contributed by atoms with Gasteiger partial charge in [0.25, 0.3) is 5.91 Å². The highest BCUT2D eigenvalue weighted by molar-refractivity contribution is 7.80. The van der Waals surface area contributed by atoms with Gasteiger partial charge in [0.15, 0.2) is 0 Å². The molecule has 2 unspecified atom stereocenters. The summed E-state index contributed by atoms with van der Waals surface area (Å²) in [5, 5.41) is 5.30. The zero-order valence-corrected chi connectivity index (χ0v) is 27.2. The first-order valence-corrected chi connectivity index (χ1v) is 15.9. The minimum absolute atomic E-state index is 0.0207. The van der Waals surface area contributed by atoms with Crippen LogP contribution in [0.3, 0.4) is 0 Å². The number of rotatable bonds is 13. The summed E-state index contributed by atoms with van der Waals surface area (Å²) in [6, 6.07) is 7.92. The van der Waals surface area contributed by atoms with E-state index in [-0.39, 0.29) is 23.0 Å². The van der Waals surface area contributed by atoms with Crippen molar-refractivity contribution in [1.82, 2.24) is 15.1 Å². The number of nitrogens with one attached hydrogen (secondary N) is 1. The maximum Gasteiger partial charge on any atom is 0.271 e. The van der Waals surface area contributed by atoms with E-state index >= 15 is 0 Å². The largest absolute Gasteiger partial charge is 0.393 e. The Balaban J connectivity index is 0.00000287. The molecule has 2 saturated heterocycles. The first-order chi connectivity index (χ1) is 19.7. The molecule has 0 aliphatic carbocycles. The maximum atomic E-state index is 14.2. The van der Waals surface area contributed by atoms with E-state index in [0.717, 1.165) is 69.9 Å². The monoisotopic (exact) mass is 592 g/mol. The average molecular weight is 593 g/mol. The number of hydrogen-bond donors (Lipinski definition) is 4. The third kappa shape index (κ3) is 10.4. The highest BCUT2D eigenvalue weighted by atomic mass is 32.1. The summed E-state index contributed by atoms with van der Waals surface area (Å²) < 4.78 is 10.8. The van der Waals surface area contributed by atoms with Gasteiger partial charge < -0.3 is 25.4 Å². The number of hydrogen-bond acceptors (Lipinski definition) is 9. The van der Waals surface area contributed by atoms with Crippen molar-refractivity contribution in [2.75, 3.05) is 64.7 Å². The number of thiol groups is 1. The van der Waals surface area contributed by atoms with Crippen molar-refractivity contribution < 1.29 is 14.3 Å². The zero-order valence-electron chi connectivity index (χ0n) is 26.3. The standard InChI is InChI=1S/C29H50N6O3S.C2H6/c1-21(2)20-34(24-17-23(18-32-19-24)29(39)33-12-15-38-16-13-33)28(36)27(30)26(11-7-8-14-37-4)35(31)25-10-6-5-9-22(25)3;1-2/h5-6,9-10,21,23-24,29,32,39H,7-8,11-20,30-31H2,1-4H3;1-2H3/b27-26-;/t23?,24-,29?;/m0./s1. The van der Waals surface area contributed by atoms with Gasteiger partial charge in [-0.3, -0.25) is 14.7 Å². The van der Waals surface area contributed by atoms with Crippen LogP contribution in [0.1, 0.15) is 58.9 Å². The zero-order chi connectivity index (χ0) is 30.4. The summed E-state index contributed by atoms with van der Waals surface area (Å²) in [7, 11) is 1.70. The highest BCUT2D eigenvalue weighted by Gasteiger charge is 2.36. The number of carbonyl (C=O) groups excluding carboxylic acids is 1. The Morgan fingerprint density at radius 2 is 1.88 bits per heavy atom. The Bertz CT molecular complexity index is 940. The molecular weight excluding hydrogens is 536 g/mol. The molecular formula is C31H56N6O3S. The van der Waals surface area contributed by atoms with E-state index in [1.807, 2.05) is 49.9 Å². The van der Waals surface area contributed by atoms with Crippen molar-refractivity contribution >= 4 is 24.2 Å². The van der Waals surface area contributed by atoms with E-state index in [1.54, 1.807) is 12.1 Å². The molecule has 2 aliphatic rings. The summed E-state index contributed by atoms with van der Waals surface area (Å²) >= 11 is 5.01. The van der Waals surface area contributed by atoms with Gasteiger partial charge in [0.1, 0.15) is 5.70 Å². The molecule has 0 bridgehead atoms. The van der Waals surface area contributed by atoms with E-state index in [9.17, 15) is 4.79 Å². The summed E-state index contributed by atoms with van der Waals surface area (Å²) in [6.45, 7) is 16.4. The first kappa shape index (κ1) is 35.4. The number of allylic oxidation sites excluding steroid dienone is 1. The van der Waals surface area contributed by atoms with Gasteiger partial charge in [-0.05, 0) is 56.1 Å². The molecule has 1 aromatic carbocycles. The van der Waals surface area contributed by atoms with E-state index in [0.29, 0.717) is 37.1 Å². The number of hydrazine groups is 1. The number of piperidine rings is 1. The molecule has 2 aliphatic heterocycles. The van der Waals surface area contributed by atoms with Crippen molar-refractivity contribution in [1.29, 1.82) is 0 Å². The van der Waals surface area contributed by atoms with Crippen LogP contribution in [0.25, 0.3) is 0 Å². The number of methoxy groups -OCH3 is 1. The predicted octanol–water partition coefficient (Wildman–Crippen LogP) is 3.74. The van der Waals surface area contributed by atoms with Gasteiger partial charge in [-0.2, -0.15) is 12.6 Å². The summed E-state index contributed by atoms with van der Waals surface area (Å²) in [5.41, 5.74) is 9.47. The minimum Gasteiger partial charge on any atom is -0.393 e. The van der Waals surface area contributed by atoms with E-state index in [1.165, 1.54) is 0 Å². The number of nitrogens with zero attached hydrogens (tertiary/aromatic N) is 3. The number of morpholine rings is 1. The lowest BCUT2D eigenvalue weighted by Crippen LogP contribution is -2.57. The molecule has 10 heteroatoms. The molecule has 1 amide bonds. The van der Waals surface area contributed by atoms with E-state index < -0.39 is 0 Å². The van der Waals surface area contributed by atoms with Crippen LogP contribution in [0.5, 0.6) is 0 Å². The first-order valence-electron chi connectivity index (χ1n) is 15.3. The lowest BCUT2D eigenvalue weighted by atomic mass is 9.92. The Hall–Kier alpha value is -1.82. The number of aryl methyl sites for hydroxylation is 1. The van der Waals surface area contributed by atoms with Gasteiger partial charge in [-0.25, -0.2) is 5.84 Å². The maximum absolute atomic E-state index is 14.2. The van der Waals surface area contributed by atoms with Crippen molar-refractivity contribution in [3.8, 4) is 0 Å². The number of amides is 1. The third-order valence-electron chi connectivity index (χ3n) is 7.69.